The van der Waals surface area contributed by atoms with Crippen LogP contribution in [-0.2, 0) is 11.2 Å². The van der Waals surface area contributed by atoms with Crippen molar-refractivity contribution in [2.75, 3.05) is 13.2 Å². The van der Waals surface area contributed by atoms with E-state index in [2.05, 4.69) is 10.3 Å². The molecule has 4 nitrogen and oxygen atoms in total. The number of aryl methyl sites for hydroxylation is 1. The first-order valence-corrected chi connectivity index (χ1v) is 6.29. The molecule has 19 heavy (non-hydrogen) atoms. The normalized spacial score (nSPS) is 10.7. The highest BCUT2D eigenvalue weighted by atomic mass is 19.1. The van der Waals surface area contributed by atoms with E-state index in [1.165, 1.54) is 12.1 Å². The van der Waals surface area contributed by atoms with Crippen LogP contribution in [0, 0.1) is 12.7 Å². The number of H-pyrrole nitrogens is 1. The summed E-state index contributed by atoms with van der Waals surface area (Å²) in [5, 5.41) is 3.52. The van der Waals surface area contributed by atoms with Gasteiger partial charge in [-0.15, -0.1) is 0 Å². The number of rotatable bonds is 4. The first-order valence-electron chi connectivity index (χ1n) is 6.29. The molecule has 1 heterocycles. The number of fused-ring (bicyclic) bond motifs is 1. The number of aromatic nitrogens is 1. The fourth-order valence-corrected chi connectivity index (χ4v) is 2.15. The predicted molar refractivity (Wildman–Crippen MR) is 71.7 cm³/mol. The van der Waals surface area contributed by atoms with Crippen LogP contribution < -0.4 is 5.32 Å². The largest absolute Gasteiger partial charge is 0.450 e. The second-order valence-corrected chi connectivity index (χ2v) is 4.32. The summed E-state index contributed by atoms with van der Waals surface area (Å²) in [5.74, 6) is -0.258. The number of aromatic amines is 1. The summed E-state index contributed by atoms with van der Waals surface area (Å²) in [6, 6.07) is 4.66. The van der Waals surface area contributed by atoms with Gasteiger partial charge in [-0.05, 0) is 44.0 Å². The molecule has 0 radical (unpaired) electrons. The van der Waals surface area contributed by atoms with Gasteiger partial charge in [0.1, 0.15) is 5.82 Å². The van der Waals surface area contributed by atoms with Gasteiger partial charge >= 0.3 is 6.09 Å². The summed E-state index contributed by atoms with van der Waals surface area (Å²) >= 11 is 0. The van der Waals surface area contributed by atoms with Crippen molar-refractivity contribution in [2.45, 2.75) is 20.3 Å². The summed E-state index contributed by atoms with van der Waals surface area (Å²) in [6.07, 6.45) is 0.208. The maximum Gasteiger partial charge on any atom is 0.407 e. The van der Waals surface area contributed by atoms with E-state index in [4.69, 9.17) is 4.74 Å². The molecule has 0 saturated heterocycles. The van der Waals surface area contributed by atoms with Gasteiger partial charge in [-0.1, -0.05) is 0 Å². The number of nitrogens with one attached hydrogen (secondary N) is 2. The van der Waals surface area contributed by atoms with Gasteiger partial charge in [0.15, 0.2) is 0 Å². The highest BCUT2D eigenvalue weighted by Crippen LogP contribution is 2.23. The van der Waals surface area contributed by atoms with Crippen LogP contribution in [0.5, 0.6) is 0 Å². The molecule has 5 heteroatoms. The lowest BCUT2D eigenvalue weighted by atomic mass is 10.1. The molecule has 102 valence electrons. The van der Waals surface area contributed by atoms with Crippen LogP contribution >= 0.6 is 0 Å². The molecule has 1 amide bonds. The molecule has 0 fully saturated rings. The molecule has 0 aliphatic heterocycles. The average Bonchev–Trinajstić information content (AvgIpc) is 2.66. The molecule has 2 rings (SSSR count). The van der Waals surface area contributed by atoms with Crippen LogP contribution in [0.4, 0.5) is 9.18 Å². The minimum atomic E-state index is -0.425. The molecule has 1 aromatic carbocycles. The first-order chi connectivity index (χ1) is 9.11. The lowest BCUT2D eigenvalue weighted by Gasteiger charge is -2.05. The summed E-state index contributed by atoms with van der Waals surface area (Å²) in [6.45, 7) is 4.51. The summed E-state index contributed by atoms with van der Waals surface area (Å²) < 4.78 is 18.1. The topological polar surface area (TPSA) is 54.1 Å². The highest BCUT2D eigenvalue weighted by molar-refractivity contribution is 5.84. The highest BCUT2D eigenvalue weighted by Gasteiger charge is 2.09. The Hall–Kier alpha value is -2.04. The number of hydrogen-bond donors (Lipinski definition) is 2. The number of halogens is 1. The Labute approximate surface area is 111 Å². The predicted octanol–water partition coefficient (Wildman–Crippen LogP) is 2.90. The van der Waals surface area contributed by atoms with Crippen LogP contribution in [0.3, 0.4) is 0 Å². The van der Waals surface area contributed by atoms with Crippen molar-refractivity contribution >= 4 is 17.0 Å². The lowest BCUT2D eigenvalue weighted by molar-refractivity contribution is 0.152. The SMILES string of the molecule is CCOC(=O)NCCc1c(C)[nH]c2ccc(F)cc12. The fraction of sp³-hybridized carbons (Fsp3) is 0.357. The molecule has 0 atom stereocenters. The van der Waals surface area contributed by atoms with Crippen LogP contribution in [0.1, 0.15) is 18.2 Å². The standard InChI is InChI=1S/C14H17FN2O2/c1-3-19-14(18)16-7-6-11-9(2)17-13-5-4-10(15)8-12(11)13/h4-5,8,17H,3,6-7H2,1-2H3,(H,16,18). The fourth-order valence-electron chi connectivity index (χ4n) is 2.15. The quantitative estimate of drug-likeness (QED) is 0.892. The van der Waals surface area contributed by atoms with E-state index in [0.29, 0.717) is 19.6 Å². The van der Waals surface area contributed by atoms with Gasteiger partial charge in [0, 0.05) is 23.1 Å². The number of carbonyl (C=O) groups excluding carboxylic acids is 1. The Kier molecular flexibility index (Phi) is 4.04. The molecule has 0 spiro atoms. The second kappa shape index (κ2) is 5.73. The smallest absolute Gasteiger partial charge is 0.407 e. The second-order valence-electron chi connectivity index (χ2n) is 4.32. The van der Waals surface area contributed by atoms with E-state index in [0.717, 1.165) is 22.2 Å². The zero-order valence-corrected chi connectivity index (χ0v) is 11.0. The number of carbonyl (C=O) groups is 1. The molecule has 0 saturated carbocycles. The van der Waals surface area contributed by atoms with Crippen molar-refractivity contribution in [1.82, 2.24) is 10.3 Å². The lowest BCUT2D eigenvalue weighted by Crippen LogP contribution is -2.26. The third-order valence-electron chi connectivity index (χ3n) is 3.00. The molecule has 2 aromatic rings. The third-order valence-corrected chi connectivity index (χ3v) is 3.00. The molecule has 0 unspecified atom stereocenters. The molecular weight excluding hydrogens is 247 g/mol. The minimum absolute atomic E-state index is 0.258. The Balaban J connectivity index is 2.09. The summed E-state index contributed by atoms with van der Waals surface area (Å²) in [4.78, 5) is 14.4. The molecule has 0 aliphatic rings. The van der Waals surface area contributed by atoms with Crippen LogP contribution in [0.15, 0.2) is 18.2 Å². The van der Waals surface area contributed by atoms with E-state index in [-0.39, 0.29) is 5.82 Å². The van der Waals surface area contributed by atoms with E-state index in [1.54, 1.807) is 13.0 Å². The number of ether oxygens (including phenoxy) is 1. The van der Waals surface area contributed by atoms with Crippen LogP contribution in [-0.4, -0.2) is 24.2 Å². The van der Waals surface area contributed by atoms with Gasteiger partial charge < -0.3 is 15.0 Å². The maximum absolute atomic E-state index is 13.3. The van der Waals surface area contributed by atoms with Crippen molar-refractivity contribution in [1.29, 1.82) is 0 Å². The van der Waals surface area contributed by atoms with Crippen molar-refractivity contribution in [3.63, 3.8) is 0 Å². The van der Waals surface area contributed by atoms with Gasteiger partial charge in [0.2, 0.25) is 0 Å². The van der Waals surface area contributed by atoms with E-state index < -0.39 is 6.09 Å². The number of benzene rings is 1. The van der Waals surface area contributed by atoms with Crippen molar-refractivity contribution < 1.29 is 13.9 Å². The minimum Gasteiger partial charge on any atom is -0.450 e. The van der Waals surface area contributed by atoms with E-state index in [1.807, 2.05) is 6.92 Å². The maximum atomic E-state index is 13.3. The van der Waals surface area contributed by atoms with Crippen LogP contribution in [0.2, 0.25) is 0 Å². The Morgan fingerprint density at radius 3 is 3.00 bits per heavy atom. The number of amides is 1. The Bertz CT molecular complexity index is 592. The first kappa shape index (κ1) is 13.4. The Morgan fingerprint density at radius 2 is 2.26 bits per heavy atom. The zero-order valence-electron chi connectivity index (χ0n) is 11.0. The van der Waals surface area contributed by atoms with Gasteiger partial charge in [-0.2, -0.15) is 0 Å². The van der Waals surface area contributed by atoms with Crippen LogP contribution in [0.25, 0.3) is 10.9 Å². The van der Waals surface area contributed by atoms with Gasteiger partial charge in [0.05, 0.1) is 6.61 Å². The van der Waals surface area contributed by atoms with Gasteiger partial charge in [-0.3, -0.25) is 0 Å². The molecule has 0 bridgehead atoms. The number of hydrogen-bond acceptors (Lipinski definition) is 2. The summed E-state index contributed by atoms with van der Waals surface area (Å²) in [7, 11) is 0. The molecular formula is C14H17FN2O2. The molecule has 0 aliphatic carbocycles. The van der Waals surface area contributed by atoms with Crippen molar-refractivity contribution in [3.05, 3.63) is 35.3 Å². The van der Waals surface area contributed by atoms with E-state index in [9.17, 15) is 9.18 Å². The van der Waals surface area contributed by atoms with Crippen molar-refractivity contribution in [3.8, 4) is 0 Å². The van der Waals surface area contributed by atoms with Gasteiger partial charge in [-0.25, -0.2) is 9.18 Å². The third kappa shape index (κ3) is 3.05. The number of alkyl carbamates (subject to hydrolysis) is 1. The summed E-state index contributed by atoms with van der Waals surface area (Å²) in [5.41, 5.74) is 2.92. The van der Waals surface area contributed by atoms with Crippen molar-refractivity contribution in [2.24, 2.45) is 0 Å². The van der Waals surface area contributed by atoms with Gasteiger partial charge in [0.25, 0.3) is 0 Å². The zero-order chi connectivity index (χ0) is 13.8. The Morgan fingerprint density at radius 1 is 1.47 bits per heavy atom. The molecule has 1 aromatic heterocycles. The average molecular weight is 264 g/mol. The molecule has 2 N–H and O–H groups in total. The van der Waals surface area contributed by atoms with E-state index >= 15 is 0 Å². The monoisotopic (exact) mass is 264 g/mol.